The molecule has 4 nitrogen and oxygen atoms in total. The van der Waals surface area contributed by atoms with Crippen LogP contribution in [0, 0.1) is 0 Å². The Kier molecular flexibility index (Phi) is 5.16. The van der Waals surface area contributed by atoms with Crippen LogP contribution in [0.5, 0.6) is 11.5 Å². The van der Waals surface area contributed by atoms with Crippen molar-refractivity contribution in [1.29, 1.82) is 0 Å². The van der Waals surface area contributed by atoms with Gasteiger partial charge in [0.25, 0.3) is 0 Å². The number of phenols is 1. The maximum absolute atomic E-state index is 12.1. The van der Waals surface area contributed by atoms with E-state index in [0.29, 0.717) is 0 Å². The molecular formula is C13H16F3NO3S. The van der Waals surface area contributed by atoms with E-state index in [9.17, 15) is 22.8 Å². The number of rotatable bonds is 3. The third-order valence-corrected chi connectivity index (χ3v) is 3.82. The van der Waals surface area contributed by atoms with Crippen molar-refractivity contribution in [1.82, 2.24) is 0 Å². The summed E-state index contributed by atoms with van der Waals surface area (Å²) in [4.78, 5) is 0. The summed E-state index contributed by atoms with van der Waals surface area (Å²) in [6.45, 7) is 6.73. The van der Waals surface area contributed by atoms with Gasteiger partial charge in [0.15, 0.2) is 0 Å². The standard InChI is InChI=1S/C13H16F3NO3S/c1-8(17-21(19)12(2,3)4)10-6-5-9(7-11(10)18)20-13(14,15)16/h5-7,18H,1-4H3/b17-8+/t21-/m0/s1. The minimum atomic E-state index is -4.83. The first-order chi connectivity index (χ1) is 9.40. The normalized spacial score (nSPS) is 15.0. The van der Waals surface area contributed by atoms with Crippen molar-refractivity contribution in [2.45, 2.75) is 38.8 Å². The first kappa shape index (κ1) is 17.6. The van der Waals surface area contributed by atoms with Crippen molar-refractivity contribution >= 4 is 17.1 Å². The van der Waals surface area contributed by atoms with E-state index in [4.69, 9.17) is 0 Å². The number of halogens is 3. The third kappa shape index (κ3) is 5.47. The van der Waals surface area contributed by atoms with E-state index in [0.717, 1.165) is 12.1 Å². The van der Waals surface area contributed by atoms with Crippen LogP contribution >= 0.6 is 0 Å². The molecule has 1 N–H and O–H groups in total. The summed E-state index contributed by atoms with van der Waals surface area (Å²) in [6, 6.07) is 3.12. The number of ether oxygens (including phenoxy) is 1. The van der Waals surface area contributed by atoms with E-state index in [1.54, 1.807) is 20.8 Å². The van der Waals surface area contributed by atoms with Crippen molar-refractivity contribution < 1.29 is 27.6 Å². The van der Waals surface area contributed by atoms with Crippen LogP contribution in [-0.2, 0) is 11.4 Å². The number of phenolic OH excluding ortho intramolecular Hbond substituents is 1. The van der Waals surface area contributed by atoms with Crippen LogP contribution in [0.15, 0.2) is 22.6 Å². The number of aromatic hydroxyl groups is 1. The molecule has 1 aromatic carbocycles. The predicted molar refractivity (Wildman–Crippen MR) is 74.9 cm³/mol. The fourth-order valence-corrected chi connectivity index (χ4v) is 1.95. The smallest absolute Gasteiger partial charge is 0.573 e. The SMILES string of the molecule is C/C(=N\[S@@+]([O-])C(C)(C)C)c1ccc(OC(F)(F)F)cc1O. The molecule has 0 aliphatic carbocycles. The Hall–Kier alpha value is -1.41. The Morgan fingerprint density at radius 3 is 2.29 bits per heavy atom. The molecule has 1 rings (SSSR count). The van der Waals surface area contributed by atoms with Crippen LogP contribution in [0.25, 0.3) is 0 Å². The molecule has 0 radical (unpaired) electrons. The van der Waals surface area contributed by atoms with Crippen molar-refractivity contribution in [3.63, 3.8) is 0 Å². The fraction of sp³-hybridized carbons (Fsp3) is 0.462. The second kappa shape index (κ2) is 6.15. The van der Waals surface area contributed by atoms with Crippen LogP contribution in [0.1, 0.15) is 33.3 Å². The molecule has 0 heterocycles. The van der Waals surface area contributed by atoms with Crippen LogP contribution < -0.4 is 4.74 Å². The highest BCUT2D eigenvalue weighted by molar-refractivity contribution is 7.91. The summed E-state index contributed by atoms with van der Waals surface area (Å²) in [5, 5.41) is 9.75. The zero-order chi connectivity index (χ0) is 16.4. The van der Waals surface area contributed by atoms with Gasteiger partial charge in [0.05, 0.1) is 5.71 Å². The van der Waals surface area contributed by atoms with Gasteiger partial charge in [-0.1, -0.05) is 4.40 Å². The van der Waals surface area contributed by atoms with E-state index in [1.165, 1.54) is 13.0 Å². The molecule has 0 unspecified atom stereocenters. The van der Waals surface area contributed by atoms with Crippen LogP contribution in [0.2, 0.25) is 0 Å². The Labute approximate surface area is 124 Å². The second-order valence-electron chi connectivity index (χ2n) is 5.26. The van der Waals surface area contributed by atoms with Crippen molar-refractivity contribution in [2.75, 3.05) is 0 Å². The molecule has 0 saturated carbocycles. The Balaban J connectivity index is 3.02. The van der Waals surface area contributed by atoms with Gasteiger partial charge >= 0.3 is 6.36 Å². The highest BCUT2D eigenvalue weighted by atomic mass is 32.2. The molecule has 1 atom stereocenters. The zero-order valence-electron chi connectivity index (χ0n) is 12.0. The molecule has 0 spiro atoms. The third-order valence-electron chi connectivity index (χ3n) is 2.34. The number of nitrogens with zero attached hydrogens (tertiary/aromatic N) is 1. The Morgan fingerprint density at radius 1 is 1.29 bits per heavy atom. The lowest BCUT2D eigenvalue weighted by molar-refractivity contribution is -0.274. The largest absolute Gasteiger partial charge is 0.591 e. The fourth-order valence-electron chi connectivity index (χ4n) is 1.32. The molecule has 0 saturated heterocycles. The number of alkyl halides is 3. The molecule has 0 aliphatic rings. The van der Waals surface area contributed by atoms with Gasteiger partial charge in [-0.05, 0) is 39.8 Å². The molecule has 0 amide bonds. The zero-order valence-corrected chi connectivity index (χ0v) is 12.8. The second-order valence-corrected chi connectivity index (χ2v) is 7.17. The van der Waals surface area contributed by atoms with Gasteiger partial charge in [0, 0.05) is 11.6 Å². The van der Waals surface area contributed by atoms with E-state index in [-0.39, 0.29) is 11.3 Å². The van der Waals surface area contributed by atoms with Gasteiger partial charge in [0.1, 0.15) is 27.6 Å². The van der Waals surface area contributed by atoms with Gasteiger partial charge in [-0.3, -0.25) is 0 Å². The molecule has 0 bridgehead atoms. The molecular weight excluding hydrogens is 307 g/mol. The Bertz CT molecular complexity index is 538. The van der Waals surface area contributed by atoms with Gasteiger partial charge in [-0.15, -0.1) is 13.2 Å². The maximum Gasteiger partial charge on any atom is 0.573 e. The van der Waals surface area contributed by atoms with Crippen molar-refractivity contribution in [3.8, 4) is 11.5 Å². The topological polar surface area (TPSA) is 64.9 Å². The predicted octanol–water partition coefficient (Wildman–Crippen LogP) is 3.56. The van der Waals surface area contributed by atoms with Crippen LogP contribution in [0.3, 0.4) is 0 Å². The maximum atomic E-state index is 12.1. The number of hydrogen-bond acceptors (Lipinski definition) is 4. The average molecular weight is 323 g/mol. The summed E-state index contributed by atoms with van der Waals surface area (Å²) in [6.07, 6.45) is -4.83. The molecule has 21 heavy (non-hydrogen) atoms. The molecule has 1 aromatic rings. The van der Waals surface area contributed by atoms with Gasteiger partial charge in [-0.25, -0.2) is 0 Å². The Morgan fingerprint density at radius 2 is 1.86 bits per heavy atom. The lowest BCUT2D eigenvalue weighted by Gasteiger charge is -2.19. The summed E-state index contributed by atoms with van der Waals surface area (Å²) in [5.41, 5.74) is 0.460. The lowest BCUT2D eigenvalue weighted by atomic mass is 10.1. The molecule has 118 valence electrons. The van der Waals surface area contributed by atoms with Gasteiger partial charge < -0.3 is 14.4 Å². The quantitative estimate of drug-likeness (QED) is 0.683. The highest BCUT2D eigenvalue weighted by Gasteiger charge is 2.31. The summed E-state index contributed by atoms with van der Waals surface area (Å²) in [7, 11) is 0. The average Bonchev–Trinajstić information content (AvgIpc) is 2.24. The van der Waals surface area contributed by atoms with E-state index >= 15 is 0 Å². The van der Waals surface area contributed by atoms with E-state index in [2.05, 4.69) is 9.13 Å². The van der Waals surface area contributed by atoms with Gasteiger partial charge in [0.2, 0.25) is 0 Å². The van der Waals surface area contributed by atoms with Crippen LogP contribution in [0.4, 0.5) is 13.2 Å². The first-order valence-corrected chi connectivity index (χ1v) is 7.07. The van der Waals surface area contributed by atoms with Gasteiger partial charge in [-0.2, -0.15) is 0 Å². The summed E-state index contributed by atoms with van der Waals surface area (Å²) in [5.74, 6) is -0.961. The monoisotopic (exact) mass is 323 g/mol. The first-order valence-electron chi connectivity index (χ1n) is 5.96. The molecule has 0 fully saturated rings. The van der Waals surface area contributed by atoms with E-state index in [1.807, 2.05) is 0 Å². The minimum Gasteiger partial charge on any atom is -0.591 e. The molecule has 8 heteroatoms. The van der Waals surface area contributed by atoms with E-state index < -0.39 is 34.0 Å². The summed E-state index contributed by atoms with van der Waals surface area (Å²) < 4.78 is 55.2. The highest BCUT2D eigenvalue weighted by Crippen LogP contribution is 2.29. The summed E-state index contributed by atoms with van der Waals surface area (Å²) >= 11 is -1.53. The number of benzene rings is 1. The van der Waals surface area contributed by atoms with Crippen molar-refractivity contribution in [2.24, 2.45) is 4.40 Å². The molecule has 0 aromatic heterocycles. The van der Waals surface area contributed by atoms with Crippen molar-refractivity contribution in [3.05, 3.63) is 23.8 Å². The lowest BCUT2D eigenvalue weighted by Crippen LogP contribution is -2.26. The minimum absolute atomic E-state index is 0.196. The number of hydrogen-bond donors (Lipinski definition) is 1. The molecule has 0 aliphatic heterocycles. The van der Waals surface area contributed by atoms with Crippen LogP contribution in [-0.4, -0.2) is 26.5 Å².